The lowest BCUT2D eigenvalue weighted by Gasteiger charge is -2.44. The van der Waals surface area contributed by atoms with Gasteiger partial charge in [-0.25, -0.2) is 0 Å². The second kappa shape index (κ2) is 5.42. The van der Waals surface area contributed by atoms with Gasteiger partial charge in [-0.15, -0.1) is 0 Å². The second-order valence-corrected chi connectivity index (χ2v) is 8.06. The number of fused-ring (bicyclic) bond motifs is 4. The van der Waals surface area contributed by atoms with Gasteiger partial charge in [0, 0.05) is 35.4 Å². The fraction of sp³-hybridized carbons (Fsp3) is 0.217. The van der Waals surface area contributed by atoms with E-state index in [1.807, 2.05) is 6.08 Å². The Hall–Kier alpha value is -3.18. The predicted octanol–water partition coefficient (Wildman–Crippen LogP) is 5.23. The van der Waals surface area contributed by atoms with Crippen LogP contribution in [-0.2, 0) is 0 Å². The van der Waals surface area contributed by atoms with E-state index in [0.717, 1.165) is 5.56 Å². The van der Waals surface area contributed by atoms with Gasteiger partial charge in [-0.2, -0.15) is 0 Å². The van der Waals surface area contributed by atoms with Gasteiger partial charge in [0.2, 0.25) is 0 Å². The molecule has 28 heavy (non-hydrogen) atoms. The Bertz CT molecular complexity index is 1180. The molecule has 3 aromatic rings. The number of rotatable bonds is 1. The van der Waals surface area contributed by atoms with Gasteiger partial charge in [0.1, 0.15) is 11.4 Å². The van der Waals surface area contributed by atoms with Crippen molar-refractivity contribution in [3.63, 3.8) is 0 Å². The van der Waals surface area contributed by atoms with Gasteiger partial charge in [0.05, 0.1) is 24.9 Å². The van der Waals surface area contributed by atoms with E-state index in [9.17, 15) is 10.1 Å². The van der Waals surface area contributed by atoms with Crippen molar-refractivity contribution in [3.8, 4) is 5.75 Å². The van der Waals surface area contributed by atoms with Gasteiger partial charge < -0.3 is 4.74 Å². The van der Waals surface area contributed by atoms with E-state index in [2.05, 4.69) is 63.5 Å². The summed E-state index contributed by atoms with van der Waals surface area (Å²) in [4.78, 5) is 10.7. The molecule has 0 aromatic heterocycles. The van der Waals surface area contributed by atoms with E-state index in [-0.39, 0.29) is 16.5 Å². The van der Waals surface area contributed by atoms with Gasteiger partial charge >= 0.3 is 0 Å². The van der Waals surface area contributed by atoms with Crippen LogP contribution >= 0.6 is 0 Å². The highest BCUT2D eigenvalue weighted by atomic mass is 16.6. The number of nitro groups is 1. The Balaban J connectivity index is 1.70. The average molecular weight is 373 g/mol. The molecule has 0 aliphatic carbocycles. The number of nitro benzene ring substituents is 1. The van der Waals surface area contributed by atoms with Crippen LogP contribution in [0.3, 0.4) is 0 Å². The SMILES string of the molecule is CC1c2c(ccc3ccccc23)[N+](C)(C)C12C=Cc1cc([N+](=O)[O-])ccc1O2. The molecule has 0 N–H and O–H groups in total. The Kier molecular flexibility index (Phi) is 3.28. The van der Waals surface area contributed by atoms with Crippen molar-refractivity contribution in [2.45, 2.75) is 18.6 Å². The molecule has 2 unspecified atom stereocenters. The quantitative estimate of drug-likeness (QED) is 0.333. The number of hydrogen-bond donors (Lipinski definition) is 0. The average Bonchev–Trinajstić information content (AvgIpc) is 2.86. The molecule has 0 fully saturated rings. The van der Waals surface area contributed by atoms with Crippen LogP contribution in [0.4, 0.5) is 11.4 Å². The largest absolute Gasteiger partial charge is 0.435 e. The molecule has 5 rings (SSSR count). The van der Waals surface area contributed by atoms with E-state index >= 15 is 0 Å². The summed E-state index contributed by atoms with van der Waals surface area (Å²) in [5, 5.41) is 13.6. The zero-order chi connectivity index (χ0) is 19.7. The van der Waals surface area contributed by atoms with Crippen LogP contribution < -0.4 is 9.22 Å². The molecule has 2 aliphatic rings. The summed E-state index contributed by atoms with van der Waals surface area (Å²) < 4.78 is 7.19. The number of non-ortho nitro benzene ring substituents is 1. The maximum Gasteiger partial charge on any atom is 0.274 e. The van der Waals surface area contributed by atoms with Gasteiger partial charge in [0.25, 0.3) is 11.4 Å². The van der Waals surface area contributed by atoms with Crippen molar-refractivity contribution in [2.75, 3.05) is 14.1 Å². The molecule has 2 aliphatic heterocycles. The fourth-order valence-electron chi connectivity index (χ4n) is 4.93. The highest BCUT2D eigenvalue weighted by molar-refractivity contribution is 5.92. The van der Waals surface area contributed by atoms with Crippen molar-refractivity contribution in [2.24, 2.45) is 0 Å². The topological polar surface area (TPSA) is 52.4 Å². The summed E-state index contributed by atoms with van der Waals surface area (Å²) in [6.45, 7) is 2.21. The lowest BCUT2D eigenvalue weighted by Crippen LogP contribution is -2.62. The molecule has 140 valence electrons. The molecule has 5 heteroatoms. The Morgan fingerprint density at radius 3 is 2.68 bits per heavy atom. The Morgan fingerprint density at radius 2 is 1.89 bits per heavy atom. The van der Waals surface area contributed by atoms with Crippen molar-refractivity contribution in [3.05, 3.63) is 81.9 Å². The smallest absolute Gasteiger partial charge is 0.274 e. The summed E-state index contributed by atoms with van der Waals surface area (Å²) >= 11 is 0. The summed E-state index contributed by atoms with van der Waals surface area (Å²) in [7, 11) is 4.33. The molecule has 5 nitrogen and oxygen atoms in total. The first-order valence-corrected chi connectivity index (χ1v) is 9.38. The van der Waals surface area contributed by atoms with Gasteiger partial charge in [-0.3, -0.25) is 14.6 Å². The summed E-state index contributed by atoms with van der Waals surface area (Å²) in [6, 6.07) is 17.6. The minimum absolute atomic E-state index is 0.0745. The van der Waals surface area contributed by atoms with Crippen LogP contribution in [0, 0.1) is 10.1 Å². The maximum atomic E-state index is 11.1. The van der Waals surface area contributed by atoms with Gasteiger partial charge in [0.15, 0.2) is 0 Å². The van der Waals surface area contributed by atoms with Gasteiger partial charge in [-0.1, -0.05) is 24.3 Å². The third-order valence-corrected chi connectivity index (χ3v) is 6.46. The van der Waals surface area contributed by atoms with Crippen molar-refractivity contribution in [1.82, 2.24) is 4.48 Å². The highest BCUT2D eigenvalue weighted by Gasteiger charge is 2.61. The molecule has 0 amide bonds. The maximum absolute atomic E-state index is 11.1. The fourth-order valence-corrected chi connectivity index (χ4v) is 4.93. The number of nitrogens with zero attached hydrogens (tertiary/aromatic N) is 2. The van der Waals surface area contributed by atoms with E-state index in [1.165, 1.54) is 28.1 Å². The van der Waals surface area contributed by atoms with Crippen LogP contribution in [-0.4, -0.2) is 24.7 Å². The third kappa shape index (κ3) is 1.99. The molecular formula is C23H21N2O3+. The molecule has 3 aromatic carbocycles. The summed E-state index contributed by atoms with van der Waals surface area (Å²) in [6.07, 6.45) is 4.05. The minimum atomic E-state index is -0.602. The van der Waals surface area contributed by atoms with Crippen LogP contribution in [0.1, 0.15) is 24.0 Å². The number of likely N-dealkylation sites (N-methyl/N-ethyl adjacent to an activating group) is 1. The molecule has 0 bridgehead atoms. The van der Waals surface area contributed by atoms with Crippen LogP contribution in [0.15, 0.2) is 60.7 Å². The first kappa shape index (κ1) is 17.0. The number of quaternary nitrogens is 1. The first-order valence-electron chi connectivity index (χ1n) is 9.38. The molecule has 0 saturated carbocycles. The molecule has 0 saturated heterocycles. The number of benzene rings is 3. The number of ether oxygens (including phenoxy) is 1. The standard InChI is InChI=1S/C23H21N2O3/c1-15-22-19-7-5-4-6-16(19)8-10-20(22)25(2,3)23(15)13-12-17-14-18(24(26)27)9-11-21(17)28-23/h4-15H,1-3H3/q+1. The predicted molar refractivity (Wildman–Crippen MR) is 111 cm³/mol. The van der Waals surface area contributed by atoms with Crippen molar-refractivity contribution in [1.29, 1.82) is 0 Å². The van der Waals surface area contributed by atoms with Crippen molar-refractivity contribution < 1.29 is 9.66 Å². The lowest BCUT2D eigenvalue weighted by molar-refractivity contribution is -0.384. The minimum Gasteiger partial charge on any atom is -0.435 e. The number of hydrogen-bond acceptors (Lipinski definition) is 3. The monoisotopic (exact) mass is 373 g/mol. The van der Waals surface area contributed by atoms with Crippen molar-refractivity contribution >= 4 is 28.2 Å². The van der Waals surface area contributed by atoms with E-state index < -0.39 is 5.72 Å². The van der Waals surface area contributed by atoms with E-state index in [0.29, 0.717) is 10.2 Å². The molecule has 1 spiro atoms. The summed E-state index contributed by atoms with van der Waals surface area (Å²) in [5.41, 5.74) is 2.76. The third-order valence-electron chi connectivity index (χ3n) is 6.46. The zero-order valence-corrected chi connectivity index (χ0v) is 16.0. The second-order valence-electron chi connectivity index (χ2n) is 8.06. The molecule has 2 heterocycles. The van der Waals surface area contributed by atoms with Crippen LogP contribution in [0.2, 0.25) is 0 Å². The lowest BCUT2D eigenvalue weighted by atomic mass is 9.88. The zero-order valence-electron chi connectivity index (χ0n) is 16.0. The normalized spacial score (nSPS) is 24.0. The Labute approximate surface area is 163 Å². The molecule has 0 radical (unpaired) electrons. The van der Waals surface area contributed by atoms with E-state index in [4.69, 9.17) is 4.74 Å². The Morgan fingerprint density at radius 1 is 1.11 bits per heavy atom. The summed E-state index contributed by atoms with van der Waals surface area (Å²) in [5.74, 6) is 0.798. The van der Waals surface area contributed by atoms with Crippen LogP contribution in [0.25, 0.3) is 16.8 Å². The first-order chi connectivity index (χ1) is 13.3. The van der Waals surface area contributed by atoms with Gasteiger partial charge in [-0.05, 0) is 35.9 Å². The van der Waals surface area contributed by atoms with Crippen LogP contribution in [0.5, 0.6) is 5.75 Å². The highest BCUT2D eigenvalue weighted by Crippen LogP contribution is 2.56. The molecule has 2 atom stereocenters. The molecular weight excluding hydrogens is 352 g/mol. The van der Waals surface area contributed by atoms with E-state index in [1.54, 1.807) is 12.1 Å².